The molecule has 5 nitrogen and oxygen atoms in total. The van der Waals surface area contributed by atoms with E-state index in [4.69, 9.17) is 0 Å². The van der Waals surface area contributed by atoms with Crippen LogP contribution in [-0.2, 0) is 4.79 Å². The van der Waals surface area contributed by atoms with E-state index < -0.39 is 0 Å². The standard InChI is InChI=1S/C23H26N2O3/c1-24-16-23(15-20(22(24)28)17-5-3-2-4-6-17)11-13-25(14-12-23)21(27)18-7-9-19(26)10-8-18/h2-10,20,26H,11-16H2,1H3. The van der Waals surface area contributed by atoms with Gasteiger partial charge in [0.05, 0.1) is 5.92 Å². The number of phenolic OH excluding ortho intramolecular Hbond substituents is 1. The minimum absolute atomic E-state index is 0.00898. The molecule has 0 aliphatic carbocycles. The minimum atomic E-state index is -0.0979. The lowest BCUT2D eigenvalue weighted by atomic mass is 9.67. The number of benzene rings is 2. The van der Waals surface area contributed by atoms with Crippen molar-refractivity contribution in [2.24, 2.45) is 5.41 Å². The zero-order valence-corrected chi connectivity index (χ0v) is 16.2. The van der Waals surface area contributed by atoms with Crippen LogP contribution < -0.4 is 0 Å². The maximum atomic E-state index is 12.8. The highest BCUT2D eigenvalue weighted by atomic mass is 16.3. The number of carbonyl (C=O) groups excluding carboxylic acids is 2. The van der Waals surface area contributed by atoms with Gasteiger partial charge < -0.3 is 14.9 Å². The molecule has 5 heteroatoms. The van der Waals surface area contributed by atoms with Gasteiger partial charge in [0.1, 0.15) is 5.75 Å². The predicted octanol–water partition coefficient (Wildman–Crippen LogP) is 3.26. The molecule has 2 saturated heterocycles. The van der Waals surface area contributed by atoms with Crippen LogP contribution in [0.1, 0.15) is 41.1 Å². The Bertz CT molecular complexity index is 855. The zero-order valence-electron chi connectivity index (χ0n) is 16.2. The van der Waals surface area contributed by atoms with Crippen LogP contribution >= 0.6 is 0 Å². The van der Waals surface area contributed by atoms with E-state index in [1.807, 2.05) is 47.2 Å². The van der Waals surface area contributed by atoms with Gasteiger partial charge >= 0.3 is 0 Å². The van der Waals surface area contributed by atoms with Crippen LogP contribution in [0.5, 0.6) is 5.75 Å². The molecule has 2 amide bonds. The summed E-state index contributed by atoms with van der Waals surface area (Å²) >= 11 is 0. The number of hydrogen-bond acceptors (Lipinski definition) is 3. The number of rotatable bonds is 2. The van der Waals surface area contributed by atoms with Gasteiger partial charge in [-0.05, 0) is 54.5 Å². The quantitative estimate of drug-likeness (QED) is 0.873. The van der Waals surface area contributed by atoms with Gasteiger partial charge in [-0.2, -0.15) is 0 Å². The highest BCUT2D eigenvalue weighted by molar-refractivity contribution is 5.94. The molecule has 2 aromatic carbocycles. The van der Waals surface area contributed by atoms with Crippen LogP contribution in [0.4, 0.5) is 0 Å². The maximum absolute atomic E-state index is 12.8. The van der Waals surface area contributed by atoms with E-state index in [-0.39, 0.29) is 28.9 Å². The van der Waals surface area contributed by atoms with Crippen LogP contribution in [-0.4, -0.2) is 53.4 Å². The molecule has 0 radical (unpaired) electrons. The van der Waals surface area contributed by atoms with Gasteiger partial charge in [-0.15, -0.1) is 0 Å². The van der Waals surface area contributed by atoms with Crippen molar-refractivity contribution in [3.05, 3.63) is 65.7 Å². The van der Waals surface area contributed by atoms with Crippen molar-refractivity contribution < 1.29 is 14.7 Å². The second-order valence-electron chi connectivity index (χ2n) is 8.20. The van der Waals surface area contributed by atoms with Crippen molar-refractivity contribution in [1.82, 2.24) is 9.80 Å². The summed E-state index contributed by atoms with van der Waals surface area (Å²) in [5.74, 6) is 0.268. The van der Waals surface area contributed by atoms with Crippen molar-refractivity contribution in [3.8, 4) is 5.75 Å². The van der Waals surface area contributed by atoms with Crippen LogP contribution in [0.2, 0.25) is 0 Å². The predicted molar refractivity (Wildman–Crippen MR) is 107 cm³/mol. The Balaban J connectivity index is 1.47. The number of nitrogens with zero attached hydrogens (tertiary/aromatic N) is 2. The first-order valence-electron chi connectivity index (χ1n) is 9.86. The molecule has 1 spiro atoms. The monoisotopic (exact) mass is 378 g/mol. The maximum Gasteiger partial charge on any atom is 0.253 e. The highest BCUT2D eigenvalue weighted by Crippen LogP contribution is 2.45. The van der Waals surface area contributed by atoms with E-state index in [2.05, 4.69) is 0 Å². The largest absolute Gasteiger partial charge is 0.508 e. The summed E-state index contributed by atoms with van der Waals surface area (Å²) < 4.78 is 0. The van der Waals surface area contributed by atoms with Crippen molar-refractivity contribution in [2.75, 3.05) is 26.7 Å². The van der Waals surface area contributed by atoms with Crippen molar-refractivity contribution in [1.29, 1.82) is 0 Å². The number of phenols is 1. The third kappa shape index (κ3) is 3.49. The SMILES string of the molecule is CN1CC2(CCN(C(=O)c3ccc(O)cc3)CC2)CC(c2ccccc2)C1=O. The first-order chi connectivity index (χ1) is 13.5. The van der Waals surface area contributed by atoms with Crippen molar-refractivity contribution >= 4 is 11.8 Å². The second-order valence-corrected chi connectivity index (χ2v) is 8.20. The summed E-state index contributed by atoms with van der Waals surface area (Å²) in [5.41, 5.74) is 1.75. The van der Waals surface area contributed by atoms with E-state index in [9.17, 15) is 14.7 Å². The van der Waals surface area contributed by atoms with Crippen LogP contribution in [0.15, 0.2) is 54.6 Å². The summed E-state index contributed by atoms with van der Waals surface area (Å²) in [7, 11) is 1.90. The minimum Gasteiger partial charge on any atom is -0.508 e. The molecular formula is C23H26N2O3. The summed E-state index contributed by atoms with van der Waals surface area (Å²) in [5, 5.41) is 9.42. The molecule has 146 valence electrons. The van der Waals surface area contributed by atoms with E-state index in [0.29, 0.717) is 18.7 Å². The molecule has 2 fully saturated rings. The normalized spacial score (nSPS) is 21.8. The van der Waals surface area contributed by atoms with Gasteiger partial charge in [0.2, 0.25) is 5.91 Å². The molecule has 4 rings (SSSR count). The van der Waals surface area contributed by atoms with E-state index in [1.165, 1.54) is 0 Å². The topological polar surface area (TPSA) is 60.9 Å². The number of carbonyl (C=O) groups is 2. The lowest BCUT2D eigenvalue weighted by Gasteiger charge is -2.49. The molecule has 1 unspecified atom stereocenters. The molecule has 2 aliphatic heterocycles. The molecule has 0 bridgehead atoms. The van der Waals surface area contributed by atoms with Gasteiger partial charge in [0, 0.05) is 32.2 Å². The Morgan fingerprint density at radius 2 is 1.68 bits per heavy atom. The van der Waals surface area contributed by atoms with Gasteiger partial charge in [0.25, 0.3) is 5.91 Å². The van der Waals surface area contributed by atoms with Crippen molar-refractivity contribution in [3.63, 3.8) is 0 Å². The first kappa shape index (κ1) is 18.5. The first-order valence-corrected chi connectivity index (χ1v) is 9.86. The Kier molecular flexibility index (Phi) is 4.84. The zero-order chi connectivity index (χ0) is 19.7. The Morgan fingerprint density at radius 1 is 1.04 bits per heavy atom. The summed E-state index contributed by atoms with van der Waals surface area (Å²) in [4.78, 5) is 29.3. The van der Waals surface area contributed by atoms with Gasteiger partial charge in [-0.25, -0.2) is 0 Å². The van der Waals surface area contributed by atoms with Gasteiger partial charge in [0.15, 0.2) is 0 Å². The van der Waals surface area contributed by atoms with Crippen molar-refractivity contribution in [2.45, 2.75) is 25.2 Å². The number of amides is 2. The van der Waals surface area contributed by atoms with E-state index in [1.54, 1.807) is 24.3 Å². The fourth-order valence-corrected chi connectivity index (χ4v) is 4.71. The number of likely N-dealkylation sites (tertiary alicyclic amines) is 2. The molecule has 1 N–H and O–H groups in total. The van der Waals surface area contributed by atoms with E-state index in [0.717, 1.165) is 31.4 Å². The molecule has 0 saturated carbocycles. The molecule has 1 atom stereocenters. The molecule has 0 aromatic heterocycles. The number of piperidine rings is 2. The lowest BCUT2D eigenvalue weighted by molar-refractivity contribution is -0.139. The van der Waals surface area contributed by atoms with Crippen LogP contribution in [0.3, 0.4) is 0 Å². The van der Waals surface area contributed by atoms with Gasteiger partial charge in [-0.3, -0.25) is 9.59 Å². The lowest BCUT2D eigenvalue weighted by Crippen LogP contribution is -2.53. The second kappa shape index (κ2) is 7.30. The number of aromatic hydroxyl groups is 1. The van der Waals surface area contributed by atoms with Crippen LogP contribution in [0, 0.1) is 5.41 Å². The third-order valence-corrected chi connectivity index (χ3v) is 6.31. The number of likely N-dealkylation sites (N-methyl/N-ethyl adjacent to an activating group) is 1. The fraction of sp³-hybridized carbons (Fsp3) is 0.391. The molecule has 2 aromatic rings. The Labute approximate surface area is 165 Å². The Morgan fingerprint density at radius 3 is 2.32 bits per heavy atom. The summed E-state index contributed by atoms with van der Waals surface area (Å²) in [6, 6.07) is 16.5. The average Bonchev–Trinajstić information content (AvgIpc) is 2.72. The molecule has 2 heterocycles. The molecule has 28 heavy (non-hydrogen) atoms. The summed E-state index contributed by atoms with van der Waals surface area (Å²) in [6.45, 7) is 2.16. The van der Waals surface area contributed by atoms with Gasteiger partial charge in [-0.1, -0.05) is 30.3 Å². The van der Waals surface area contributed by atoms with E-state index >= 15 is 0 Å². The molecular weight excluding hydrogens is 352 g/mol. The highest BCUT2D eigenvalue weighted by Gasteiger charge is 2.45. The van der Waals surface area contributed by atoms with Crippen LogP contribution in [0.25, 0.3) is 0 Å². The molecule has 2 aliphatic rings. The average molecular weight is 378 g/mol. The Hall–Kier alpha value is -2.82. The number of hydrogen-bond donors (Lipinski definition) is 1. The summed E-state index contributed by atoms with van der Waals surface area (Å²) in [6.07, 6.45) is 2.65. The third-order valence-electron chi connectivity index (χ3n) is 6.31. The fourth-order valence-electron chi connectivity index (χ4n) is 4.71. The smallest absolute Gasteiger partial charge is 0.253 e.